The maximum Gasteiger partial charge on any atom is 0.281 e. The maximum absolute atomic E-state index is 13.1. The van der Waals surface area contributed by atoms with Crippen molar-refractivity contribution in [3.8, 4) is 28.8 Å². The summed E-state index contributed by atoms with van der Waals surface area (Å²) in [6, 6.07) is 8.89. The highest BCUT2D eigenvalue weighted by Gasteiger charge is 2.31. The number of pyridine rings is 1. The Labute approximate surface area is 204 Å². The number of hydrogen-bond donors (Lipinski definition) is 1. The first-order valence-corrected chi connectivity index (χ1v) is 11.3. The van der Waals surface area contributed by atoms with Gasteiger partial charge in [0.15, 0.2) is 0 Å². The Balaban J connectivity index is 1.69. The highest BCUT2D eigenvalue weighted by molar-refractivity contribution is 5.97. The fraction of sp³-hybridized carbons (Fsp3) is 0.308. The number of anilines is 1. The molecule has 0 aliphatic carbocycles. The summed E-state index contributed by atoms with van der Waals surface area (Å²) >= 11 is 0. The van der Waals surface area contributed by atoms with Gasteiger partial charge in [0, 0.05) is 23.7 Å². The van der Waals surface area contributed by atoms with Gasteiger partial charge in [-0.1, -0.05) is 24.8 Å². The Kier molecular flexibility index (Phi) is 7.25. The van der Waals surface area contributed by atoms with Crippen molar-refractivity contribution in [3.63, 3.8) is 0 Å². The molecule has 2 aromatic heterocycles. The largest absolute Gasteiger partial charge is 0.496 e. The van der Waals surface area contributed by atoms with Gasteiger partial charge in [-0.3, -0.25) is 14.5 Å². The van der Waals surface area contributed by atoms with Gasteiger partial charge in [0.05, 0.1) is 36.2 Å². The second-order valence-corrected chi connectivity index (χ2v) is 8.25. The summed E-state index contributed by atoms with van der Waals surface area (Å²) in [7, 11) is 5.38. The number of carbonyl (C=O) groups is 1. The van der Waals surface area contributed by atoms with Crippen LogP contribution in [0.3, 0.4) is 0 Å². The molecule has 35 heavy (non-hydrogen) atoms. The third kappa shape index (κ3) is 5.24. The molecule has 0 spiro atoms. The number of nitrogens with zero attached hydrogens (tertiary/aromatic N) is 5. The van der Waals surface area contributed by atoms with E-state index in [1.165, 1.54) is 18.5 Å². The van der Waals surface area contributed by atoms with Crippen LogP contribution in [0.15, 0.2) is 42.9 Å². The third-order valence-corrected chi connectivity index (χ3v) is 5.71. The van der Waals surface area contributed by atoms with Crippen molar-refractivity contribution in [2.45, 2.75) is 26.0 Å². The number of amides is 1. The molecule has 0 radical (unpaired) electrons. The van der Waals surface area contributed by atoms with Gasteiger partial charge in [0.1, 0.15) is 24.1 Å². The SMILES string of the molecule is CCc1ncnc(-c2ccc(C(=O)N3CC[C@H](N(C)C)O3)c(OC)c2)c1C#Cc1ccc(N)nc1. The summed E-state index contributed by atoms with van der Waals surface area (Å²) in [6.45, 7) is 2.53. The van der Waals surface area contributed by atoms with E-state index in [4.69, 9.17) is 15.3 Å². The number of rotatable bonds is 5. The Morgan fingerprint density at radius 2 is 2.06 bits per heavy atom. The van der Waals surface area contributed by atoms with E-state index in [9.17, 15) is 4.79 Å². The second kappa shape index (κ2) is 10.5. The number of hydroxylamine groups is 2. The minimum absolute atomic E-state index is 0.130. The molecule has 2 N–H and O–H groups in total. The zero-order chi connectivity index (χ0) is 24.9. The molecule has 1 aliphatic heterocycles. The van der Waals surface area contributed by atoms with Crippen molar-refractivity contribution in [1.29, 1.82) is 0 Å². The van der Waals surface area contributed by atoms with E-state index in [0.29, 0.717) is 41.4 Å². The van der Waals surface area contributed by atoms with Gasteiger partial charge in [-0.2, -0.15) is 0 Å². The second-order valence-electron chi connectivity index (χ2n) is 8.25. The van der Waals surface area contributed by atoms with Crippen molar-refractivity contribution in [1.82, 2.24) is 24.9 Å². The van der Waals surface area contributed by atoms with Crippen LogP contribution in [-0.2, 0) is 11.3 Å². The van der Waals surface area contributed by atoms with Crippen molar-refractivity contribution in [3.05, 3.63) is 65.2 Å². The van der Waals surface area contributed by atoms with E-state index < -0.39 is 0 Å². The van der Waals surface area contributed by atoms with Crippen LogP contribution in [0.25, 0.3) is 11.3 Å². The lowest BCUT2D eigenvalue weighted by atomic mass is 10.0. The number of hydrogen-bond acceptors (Lipinski definition) is 8. The van der Waals surface area contributed by atoms with Crippen LogP contribution < -0.4 is 10.5 Å². The summed E-state index contributed by atoms with van der Waals surface area (Å²) in [6.07, 6.45) is 4.45. The van der Waals surface area contributed by atoms with E-state index in [0.717, 1.165) is 23.2 Å². The number of ether oxygens (including phenoxy) is 1. The maximum atomic E-state index is 13.1. The normalized spacial score (nSPS) is 15.1. The van der Waals surface area contributed by atoms with Gasteiger partial charge < -0.3 is 10.5 Å². The molecule has 1 aliphatic rings. The molecule has 9 heteroatoms. The lowest BCUT2D eigenvalue weighted by Gasteiger charge is -2.21. The number of nitrogen functional groups attached to an aromatic ring is 1. The molecule has 0 bridgehead atoms. The molecule has 9 nitrogen and oxygen atoms in total. The number of methoxy groups -OCH3 is 1. The van der Waals surface area contributed by atoms with Gasteiger partial charge in [0.2, 0.25) is 0 Å². The standard InChI is InChI=1S/C26H28N6O3/c1-5-21-19(9-6-17-7-11-23(27)28-15-17)25(30-16-29-21)18-8-10-20(22(14-18)34-4)26(33)32-13-12-24(35-32)31(2)3/h7-8,10-11,14-16,24H,5,12-13H2,1-4H3,(H2,27,28)/t24-/m1/s1. The van der Waals surface area contributed by atoms with E-state index in [1.54, 1.807) is 24.4 Å². The molecule has 1 atom stereocenters. The molecule has 1 amide bonds. The van der Waals surface area contributed by atoms with Crippen molar-refractivity contribution in [2.75, 3.05) is 33.5 Å². The lowest BCUT2D eigenvalue weighted by Crippen LogP contribution is -2.32. The minimum Gasteiger partial charge on any atom is -0.496 e. The van der Waals surface area contributed by atoms with Crippen LogP contribution in [0.1, 0.15) is 40.5 Å². The molecule has 3 heterocycles. The highest BCUT2D eigenvalue weighted by Crippen LogP contribution is 2.31. The molecule has 0 unspecified atom stereocenters. The van der Waals surface area contributed by atoms with Gasteiger partial charge in [-0.15, -0.1) is 0 Å². The lowest BCUT2D eigenvalue weighted by molar-refractivity contribution is -0.150. The first-order valence-electron chi connectivity index (χ1n) is 11.3. The summed E-state index contributed by atoms with van der Waals surface area (Å²) in [5, 5.41) is 1.39. The summed E-state index contributed by atoms with van der Waals surface area (Å²) in [4.78, 5) is 33.9. The predicted molar refractivity (Wildman–Crippen MR) is 132 cm³/mol. The van der Waals surface area contributed by atoms with Gasteiger partial charge in [-0.25, -0.2) is 20.0 Å². The van der Waals surface area contributed by atoms with Crippen molar-refractivity contribution in [2.24, 2.45) is 0 Å². The van der Waals surface area contributed by atoms with Gasteiger partial charge in [-0.05, 0) is 44.8 Å². The first kappa shape index (κ1) is 24.1. The van der Waals surface area contributed by atoms with E-state index in [1.807, 2.05) is 38.1 Å². The van der Waals surface area contributed by atoms with Crippen LogP contribution in [0.4, 0.5) is 5.82 Å². The van der Waals surface area contributed by atoms with Crippen LogP contribution in [0.2, 0.25) is 0 Å². The van der Waals surface area contributed by atoms with E-state index in [2.05, 4.69) is 26.8 Å². The molecule has 1 saturated heterocycles. The highest BCUT2D eigenvalue weighted by atomic mass is 16.7. The van der Waals surface area contributed by atoms with E-state index in [-0.39, 0.29) is 12.1 Å². The van der Waals surface area contributed by atoms with Crippen LogP contribution >= 0.6 is 0 Å². The average Bonchev–Trinajstić information content (AvgIpc) is 3.38. The Morgan fingerprint density at radius 1 is 1.23 bits per heavy atom. The zero-order valence-electron chi connectivity index (χ0n) is 20.3. The molecular weight excluding hydrogens is 444 g/mol. The molecule has 4 rings (SSSR count). The van der Waals surface area contributed by atoms with Crippen molar-refractivity contribution < 1.29 is 14.4 Å². The number of carbonyl (C=O) groups excluding carboxylic acids is 1. The topological polar surface area (TPSA) is 107 Å². The zero-order valence-corrected chi connectivity index (χ0v) is 20.3. The molecule has 3 aromatic rings. The summed E-state index contributed by atoms with van der Waals surface area (Å²) in [5.41, 5.74) is 9.79. The number of nitrogens with two attached hydrogens (primary N) is 1. The predicted octanol–water partition coefficient (Wildman–Crippen LogP) is 2.76. The first-order chi connectivity index (χ1) is 16.9. The monoisotopic (exact) mass is 472 g/mol. The summed E-state index contributed by atoms with van der Waals surface area (Å²) in [5.74, 6) is 6.95. The molecule has 1 fully saturated rings. The van der Waals surface area contributed by atoms with Crippen molar-refractivity contribution >= 4 is 11.7 Å². The fourth-order valence-corrected chi connectivity index (χ4v) is 3.79. The minimum atomic E-state index is -0.245. The smallest absolute Gasteiger partial charge is 0.281 e. The van der Waals surface area contributed by atoms with Crippen LogP contribution in [0, 0.1) is 11.8 Å². The Morgan fingerprint density at radius 3 is 2.71 bits per heavy atom. The number of aromatic nitrogens is 3. The Bertz CT molecular complexity index is 1280. The third-order valence-electron chi connectivity index (χ3n) is 5.71. The number of aryl methyl sites for hydroxylation is 1. The van der Waals surface area contributed by atoms with Crippen LogP contribution in [-0.4, -0.2) is 64.8 Å². The van der Waals surface area contributed by atoms with Crippen LogP contribution in [0.5, 0.6) is 5.75 Å². The summed E-state index contributed by atoms with van der Waals surface area (Å²) < 4.78 is 5.59. The fourth-order valence-electron chi connectivity index (χ4n) is 3.79. The van der Waals surface area contributed by atoms with Gasteiger partial charge >= 0.3 is 0 Å². The average molecular weight is 473 g/mol. The molecular formula is C26H28N6O3. The van der Waals surface area contributed by atoms with E-state index >= 15 is 0 Å². The van der Waals surface area contributed by atoms with Gasteiger partial charge in [0.25, 0.3) is 5.91 Å². The molecule has 180 valence electrons. The Hall–Kier alpha value is -4.00. The quantitative estimate of drug-likeness (QED) is 0.565. The number of benzene rings is 1. The molecule has 0 saturated carbocycles. The molecule has 1 aromatic carbocycles.